The van der Waals surface area contributed by atoms with Gasteiger partial charge in [0.25, 0.3) is 0 Å². The Kier molecular flexibility index (Phi) is 4.14. The van der Waals surface area contributed by atoms with Gasteiger partial charge in [0.15, 0.2) is 0 Å². The maximum absolute atomic E-state index is 13.4. The lowest BCUT2D eigenvalue weighted by atomic mass is 10.1. The molecule has 19 heavy (non-hydrogen) atoms. The van der Waals surface area contributed by atoms with E-state index in [0.29, 0.717) is 15.7 Å². The van der Waals surface area contributed by atoms with Crippen molar-refractivity contribution in [3.8, 4) is 0 Å². The minimum Gasteiger partial charge on any atom is -0.378 e. The average molecular weight is 330 g/mol. The van der Waals surface area contributed by atoms with Crippen LogP contribution in [0.3, 0.4) is 0 Å². The molecule has 0 aliphatic heterocycles. The summed E-state index contributed by atoms with van der Waals surface area (Å²) < 4.78 is 39.9. The van der Waals surface area contributed by atoms with Crippen LogP contribution in [0, 0.1) is 17.5 Å². The number of anilines is 1. The standard InChI is InChI=1S/C14H11BrF3N/c1-8(9-4-10(16)6-11(17)5-9)19-12-2-3-13(15)14(18)7-12/h2-8,19H,1H3. The van der Waals surface area contributed by atoms with Crippen LogP contribution in [0.5, 0.6) is 0 Å². The molecule has 0 aliphatic carbocycles. The minimum atomic E-state index is -0.634. The predicted molar refractivity (Wildman–Crippen MR) is 72.5 cm³/mol. The van der Waals surface area contributed by atoms with Crippen LogP contribution in [0.2, 0.25) is 0 Å². The summed E-state index contributed by atoms with van der Waals surface area (Å²) in [7, 11) is 0. The molecule has 0 radical (unpaired) electrons. The lowest BCUT2D eigenvalue weighted by Crippen LogP contribution is -2.07. The number of rotatable bonds is 3. The Balaban J connectivity index is 2.20. The van der Waals surface area contributed by atoms with Crippen molar-refractivity contribution in [2.24, 2.45) is 0 Å². The van der Waals surface area contributed by atoms with Crippen LogP contribution in [0.1, 0.15) is 18.5 Å². The zero-order chi connectivity index (χ0) is 14.0. The van der Waals surface area contributed by atoms with E-state index < -0.39 is 17.5 Å². The summed E-state index contributed by atoms with van der Waals surface area (Å²) in [4.78, 5) is 0. The highest BCUT2D eigenvalue weighted by molar-refractivity contribution is 9.10. The first-order valence-electron chi connectivity index (χ1n) is 5.63. The predicted octanol–water partition coefficient (Wildman–Crippen LogP) is 5.04. The summed E-state index contributed by atoms with van der Waals surface area (Å²) in [6, 6.07) is 7.53. The third-order valence-corrected chi connectivity index (χ3v) is 3.33. The SMILES string of the molecule is CC(Nc1ccc(Br)c(F)c1)c1cc(F)cc(F)c1. The zero-order valence-corrected chi connectivity index (χ0v) is 11.6. The summed E-state index contributed by atoms with van der Waals surface area (Å²) in [5, 5.41) is 2.99. The van der Waals surface area contributed by atoms with Crippen LogP contribution in [0.15, 0.2) is 40.9 Å². The number of halogens is 4. The molecular formula is C14H11BrF3N. The van der Waals surface area contributed by atoms with Crippen LogP contribution < -0.4 is 5.32 Å². The van der Waals surface area contributed by atoms with E-state index in [9.17, 15) is 13.2 Å². The maximum atomic E-state index is 13.4. The summed E-state index contributed by atoms with van der Waals surface area (Å²) in [6.07, 6.45) is 0. The third-order valence-electron chi connectivity index (χ3n) is 2.69. The highest BCUT2D eigenvalue weighted by atomic mass is 79.9. The summed E-state index contributed by atoms with van der Waals surface area (Å²) in [5.41, 5.74) is 0.999. The van der Waals surface area contributed by atoms with Gasteiger partial charge in [0, 0.05) is 17.8 Å². The molecule has 0 amide bonds. The topological polar surface area (TPSA) is 12.0 Å². The van der Waals surface area contributed by atoms with Gasteiger partial charge in [-0.1, -0.05) is 0 Å². The van der Waals surface area contributed by atoms with Gasteiger partial charge in [-0.3, -0.25) is 0 Å². The van der Waals surface area contributed by atoms with E-state index in [-0.39, 0.29) is 6.04 Å². The van der Waals surface area contributed by atoms with Crippen LogP contribution >= 0.6 is 15.9 Å². The van der Waals surface area contributed by atoms with E-state index >= 15 is 0 Å². The summed E-state index contributed by atoms with van der Waals surface area (Å²) in [6.45, 7) is 1.74. The highest BCUT2D eigenvalue weighted by Gasteiger charge is 2.09. The number of hydrogen-bond donors (Lipinski definition) is 1. The van der Waals surface area contributed by atoms with Gasteiger partial charge in [-0.05, 0) is 58.7 Å². The second kappa shape index (κ2) is 5.65. The lowest BCUT2D eigenvalue weighted by molar-refractivity contribution is 0.577. The molecule has 0 saturated carbocycles. The Morgan fingerprint density at radius 2 is 1.63 bits per heavy atom. The molecule has 2 aromatic rings. The molecule has 0 fully saturated rings. The molecule has 0 spiro atoms. The van der Waals surface area contributed by atoms with Crippen molar-refractivity contribution < 1.29 is 13.2 Å². The van der Waals surface area contributed by atoms with Gasteiger partial charge in [-0.2, -0.15) is 0 Å². The smallest absolute Gasteiger partial charge is 0.139 e. The van der Waals surface area contributed by atoms with E-state index in [4.69, 9.17) is 0 Å². The Morgan fingerprint density at radius 1 is 1.00 bits per heavy atom. The summed E-state index contributed by atoms with van der Waals surface area (Å²) in [5.74, 6) is -1.67. The van der Waals surface area contributed by atoms with Crippen molar-refractivity contribution >= 4 is 21.6 Å². The third kappa shape index (κ3) is 3.50. The second-order valence-electron chi connectivity index (χ2n) is 4.20. The van der Waals surface area contributed by atoms with E-state index in [1.165, 1.54) is 18.2 Å². The van der Waals surface area contributed by atoms with Crippen molar-refractivity contribution in [1.29, 1.82) is 0 Å². The van der Waals surface area contributed by atoms with Gasteiger partial charge in [-0.25, -0.2) is 13.2 Å². The van der Waals surface area contributed by atoms with E-state index in [1.54, 1.807) is 19.1 Å². The van der Waals surface area contributed by atoms with Gasteiger partial charge in [0.1, 0.15) is 17.5 Å². The largest absolute Gasteiger partial charge is 0.378 e. The Bertz CT molecular complexity index is 581. The van der Waals surface area contributed by atoms with Crippen molar-refractivity contribution in [3.63, 3.8) is 0 Å². The number of nitrogens with one attached hydrogen (secondary N) is 1. The van der Waals surface area contributed by atoms with Crippen molar-refractivity contribution in [2.45, 2.75) is 13.0 Å². The van der Waals surface area contributed by atoms with E-state index in [2.05, 4.69) is 21.2 Å². The van der Waals surface area contributed by atoms with Crippen molar-refractivity contribution in [2.75, 3.05) is 5.32 Å². The molecule has 0 aromatic heterocycles. The van der Waals surface area contributed by atoms with Gasteiger partial charge < -0.3 is 5.32 Å². The molecule has 1 nitrogen and oxygen atoms in total. The fraction of sp³-hybridized carbons (Fsp3) is 0.143. The van der Waals surface area contributed by atoms with E-state index in [0.717, 1.165) is 6.07 Å². The Labute approximate surface area is 117 Å². The molecule has 1 atom stereocenters. The molecular weight excluding hydrogens is 319 g/mol. The van der Waals surface area contributed by atoms with Crippen molar-refractivity contribution in [1.82, 2.24) is 0 Å². The van der Waals surface area contributed by atoms with Crippen LogP contribution in [-0.2, 0) is 0 Å². The van der Waals surface area contributed by atoms with E-state index in [1.807, 2.05) is 0 Å². The fourth-order valence-electron chi connectivity index (χ4n) is 1.74. The fourth-order valence-corrected chi connectivity index (χ4v) is 1.99. The molecule has 1 unspecified atom stereocenters. The molecule has 2 aromatic carbocycles. The van der Waals surface area contributed by atoms with Crippen LogP contribution in [0.25, 0.3) is 0 Å². The molecule has 2 rings (SSSR count). The quantitative estimate of drug-likeness (QED) is 0.831. The number of hydrogen-bond acceptors (Lipinski definition) is 1. The first-order valence-corrected chi connectivity index (χ1v) is 6.42. The molecule has 0 aliphatic rings. The first kappa shape index (κ1) is 13.9. The van der Waals surface area contributed by atoms with Gasteiger partial charge >= 0.3 is 0 Å². The first-order chi connectivity index (χ1) is 8.95. The highest BCUT2D eigenvalue weighted by Crippen LogP contribution is 2.24. The molecule has 1 N–H and O–H groups in total. The van der Waals surface area contributed by atoms with Crippen molar-refractivity contribution in [3.05, 3.63) is 63.9 Å². The molecule has 0 bridgehead atoms. The van der Waals surface area contributed by atoms with Gasteiger partial charge in [0.05, 0.1) is 4.47 Å². The molecule has 0 saturated heterocycles. The normalized spacial score (nSPS) is 12.3. The second-order valence-corrected chi connectivity index (χ2v) is 5.05. The van der Waals surface area contributed by atoms with Gasteiger partial charge in [-0.15, -0.1) is 0 Å². The Hall–Kier alpha value is -1.49. The molecule has 5 heteroatoms. The zero-order valence-electron chi connectivity index (χ0n) is 10.1. The van der Waals surface area contributed by atoms with Crippen LogP contribution in [-0.4, -0.2) is 0 Å². The number of benzene rings is 2. The van der Waals surface area contributed by atoms with Crippen LogP contribution in [0.4, 0.5) is 18.9 Å². The Morgan fingerprint density at radius 3 is 2.21 bits per heavy atom. The lowest BCUT2D eigenvalue weighted by Gasteiger charge is -2.16. The molecule has 0 heterocycles. The maximum Gasteiger partial charge on any atom is 0.139 e. The average Bonchev–Trinajstić information content (AvgIpc) is 2.32. The van der Waals surface area contributed by atoms with Gasteiger partial charge in [0.2, 0.25) is 0 Å². The monoisotopic (exact) mass is 329 g/mol. The minimum absolute atomic E-state index is 0.342. The summed E-state index contributed by atoms with van der Waals surface area (Å²) >= 11 is 3.06. The molecule has 100 valence electrons.